The van der Waals surface area contributed by atoms with E-state index in [-0.39, 0.29) is 59.5 Å². The number of ketones is 1. The van der Waals surface area contributed by atoms with Crippen LogP contribution in [0.5, 0.6) is 17.6 Å². The number of anilines is 5. The third-order valence-corrected chi connectivity index (χ3v) is 24.1. The zero-order chi connectivity index (χ0) is 70.1. The number of aryl methyl sites for hydroxylation is 3. The second kappa shape index (κ2) is 33.0. The Morgan fingerprint density at radius 1 is 0.480 bits per heavy atom. The highest BCUT2D eigenvalue weighted by Gasteiger charge is 2.37. The predicted molar refractivity (Wildman–Crippen MR) is 403 cm³/mol. The van der Waals surface area contributed by atoms with Crippen LogP contribution in [0, 0.1) is 0 Å². The van der Waals surface area contributed by atoms with Gasteiger partial charge in [-0.25, -0.2) is 15.0 Å². The number of fused-ring (bicyclic) bond motifs is 9. The van der Waals surface area contributed by atoms with Crippen molar-refractivity contribution < 1.29 is 33.7 Å². The van der Waals surface area contributed by atoms with E-state index in [9.17, 15) is 19.5 Å². The van der Waals surface area contributed by atoms with Crippen LogP contribution in [0.3, 0.4) is 0 Å². The van der Waals surface area contributed by atoms with Gasteiger partial charge in [-0.1, -0.05) is 54.6 Å². The van der Waals surface area contributed by atoms with Gasteiger partial charge in [-0.3, -0.25) is 9.59 Å². The minimum atomic E-state index is -0.764. The molecule has 0 bridgehead atoms. The van der Waals surface area contributed by atoms with Crippen molar-refractivity contribution in [2.24, 2.45) is 5.73 Å². The Labute approximate surface area is 603 Å². The van der Waals surface area contributed by atoms with Gasteiger partial charge in [-0.2, -0.15) is 15.0 Å². The van der Waals surface area contributed by atoms with Gasteiger partial charge in [0, 0.05) is 62.7 Å². The van der Waals surface area contributed by atoms with Crippen molar-refractivity contribution in [1.82, 2.24) is 44.6 Å². The Balaban J connectivity index is 0.000000136. The van der Waals surface area contributed by atoms with E-state index in [1.54, 1.807) is 40.9 Å². The van der Waals surface area contributed by atoms with Crippen molar-refractivity contribution in [2.45, 2.75) is 196 Å². The first-order valence-electron chi connectivity index (χ1n) is 35.4. The van der Waals surface area contributed by atoms with Gasteiger partial charge in [-0.05, 0) is 247 Å². The summed E-state index contributed by atoms with van der Waals surface area (Å²) >= 11 is 11.2. The number of para-hydroxylation sites is 3. The van der Waals surface area contributed by atoms with Gasteiger partial charge in [0.15, 0.2) is 0 Å². The molecule has 9 aromatic rings. The van der Waals surface area contributed by atoms with E-state index < -0.39 is 5.97 Å². The summed E-state index contributed by atoms with van der Waals surface area (Å²) < 4.78 is 19.5. The average Bonchev–Trinajstić information content (AvgIpc) is 1.61. The number of benzene rings is 3. The molecular weight excluding hydrogens is 1340 g/mol. The van der Waals surface area contributed by atoms with Gasteiger partial charge >= 0.3 is 5.97 Å². The summed E-state index contributed by atoms with van der Waals surface area (Å²) in [5, 5.41) is 19.2. The number of hydrogen-bond donors (Lipinski definition) is 5. The number of carbonyl (C=O) groups excluding carboxylic acids is 2. The molecule has 7 N–H and O–H groups in total. The van der Waals surface area contributed by atoms with Crippen LogP contribution >= 0.6 is 45.6 Å². The number of aliphatic carboxylic acids is 1. The average molecular weight is 1430 g/mol. The van der Waals surface area contributed by atoms with Gasteiger partial charge in [0.05, 0.1) is 22.6 Å². The number of aromatic nitrogens is 6. The number of carboxylic acids is 1. The first kappa shape index (κ1) is 72.2. The molecule has 0 spiro atoms. The lowest BCUT2D eigenvalue weighted by Crippen LogP contribution is -2.35. The Bertz CT molecular complexity index is 4090. The van der Waals surface area contributed by atoms with Crippen LogP contribution in [0.25, 0.3) is 30.6 Å². The van der Waals surface area contributed by atoms with Crippen LogP contribution in [0.1, 0.15) is 172 Å². The van der Waals surface area contributed by atoms with Crippen LogP contribution in [0.2, 0.25) is 5.28 Å². The predicted octanol–water partition coefficient (Wildman–Crippen LogP) is 15.7. The number of Topliss-reactive ketones (excluding diaryl/α,β-unsaturated/α-hetero) is 1. The second-order valence-corrected chi connectivity index (χ2v) is 31.8. The molecule has 3 saturated carbocycles. The Hall–Kier alpha value is -7.64. The molecule has 3 fully saturated rings. The lowest BCUT2D eigenvalue weighted by molar-refractivity contribution is -0.137. The zero-order valence-electron chi connectivity index (χ0n) is 58.4. The Morgan fingerprint density at radius 3 is 1.15 bits per heavy atom. The molecular formula is C76H94ClN13O7S3. The van der Waals surface area contributed by atoms with E-state index >= 15 is 0 Å². The fourth-order valence-electron chi connectivity index (χ4n) is 15.3. The van der Waals surface area contributed by atoms with Crippen molar-refractivity contribution >= 4 is 123 Å². The van der Waals surface area contributed by atoms with Crippen molar-refractivity contribution in [2.75, 3.05) is 58.7 Å². The highest BCUT2D eigenvalue weighted by molar-refractivity contribution is 7.19. The summed E-state index contributed by atoms with van der Waals surface area (Å²) in [5.41, 5.74) is 17.1. The fourth-order valence-corrected chi connectivity index (χ4v) is 19.3. The minimum Gasteiger partial charge on any atom is -0.481 e. The lowest BCUT2D eigenvalue weighted by Gasteiger charge is -2.32. The SMILES string of the molecule is CC(=O)C[C@H]1CCc2sc3nc(Cl)nc(OC4CCC(N(C)C)CC4)c3c21.CN(C)C1CCC(Oc2nc(Nc3ccccc3)nc3sc4c(c23)[C@@H](CC(=O)O)CC4)CC1.CN(C)C1CCC(Oc2nc(Nc3ccccc3)nc3sc4c(c23)[C@@H](CC(N)=O)CC4)CC1.Nc1ccccc1. The largest absolute Gasteiger partial charge is 0.481 e. The number of nitrogens with two attached hydrogens (primary N) is 2. The van der Waals surface area contributed by atoms with Crippen molar-refractivity contribution in [3.05, 3.63) is 128 Å². The first-order chi connectivity index (χ1) is 48.3. The number of primary amides is 1. The van der Waals surface area contributed by atoms with Crippen LogP contribution in [0.4, 0.5) is 29.0 Å². The molecule has 6 aromatic heterocycles. The molecule has 0 unspecified atom stereocenters. The maximum atomic E-state index is 11.7. The molecule has 100 heavy (non-hydrogen) atoms. The van der Waals surface area contributed by atoms with Crippen LogP contribution in [-0.4, -0.2) is 146 Å². The van der Waals surface area contributed by atoms with Gasteiger partial charge in [0.2, 0.25) is 40.7 Å². The van der Waals surface area contributed by atoms with E-state index in [1.165, 1.54) is 25.8 Å². The number of nitrogens with zero attached hydrogens (tertiary/aromatic N) is 9. The number of carbonyl (C=O) groups is 3. The molecule has 0 radical (unpaired) electrons. The molecule has 530 valence electrons. The fraction of sp³-hybridized carbons (Fsp3) is 0.487. The summed E-state index contributed by atoms with van der Waals surface area (Å²) in [5.74, 6) is 2.48. The second-order valence-electron chi connectivity index (χ2n) is 28.2. The van der Waals surface area contributed by atoms with Crippen molar-refractivity contribution in [3.63, 3.8) is 0 Å². The van der Waals surface area contributed by atoms with Crippen LogP contribution in [0.15, 0.2) is 91.0 Å². The summed E-state index contributed by atoms with van der Waals surface area (Å²) in [6.45, 7) is 1.67. The Kier molecular flexibility index (Phi) is 23.8. The number of halogens is 1. The minimum absolute atomic E-state index is 0.00499. The number of rotatable bonds is 19. The molecule has 6 heterocycles. The van der Waals surface area contributed by atoms with Crippen LogP contribution < -0.4 is 36.3 Å². The van der Waals surface area contributed by atoms with E-state index in [2.05, 4.69) is 77.6 Å². The molecule has 1 amide bonds. The number of amides is 1. The van der Waals surface area contributed by atoms with E-state index in [4.69, 9.17) is 57.2 Å². The molecule has 3 aromatic carbocycles. The lowest BCUT2D eigenvalue weighted by atomic mass is 9.92. The third-order valence-electron chi connectivity index (χ3n) is 20.5. The monoisotopic (exact) mass is 1430 g/mol. The van der Waals surface area contributed by atoms with Gasteiger partial charge in [0.25, 0.3) is 0 Å². The number of carboxylic acid groups (broad SMARTS) is 1. The van der Waals surface area contributed by atoms with E-state index in [1.807, 2.05) is 91.0 Å². The molecule has 0 saturated heterocycles. The molecule has 24 heteroatoms. The molecule has 15 rings (SSSR count). The number of thiophene rings is 3. The highest BCUT2D eigenvalue weighted by Crippen LogP contribution is 2.51. The topological polar surface area (TPSA) is 262 Å². The molecule has 0 aliphatic heterocycles. The highest BCUT2D eigenvalue weighted by atomic mass is 35.5. The summed E-state index contributed by atoms with van der Waals surface area (Å²) in [7, 11) is 12.9. The smallest absolute Gasteiger partial charge is 0.303 e. The van der Waals surface area contributed by atoms with Crippen molar-refractivity contribution in [1.29, 1.82) is 0 Å². The maximum Gasteiger partial charge on any atom is 0.303 e. The number of nitrogens with one attached hydrogen (secondary N) is 2. The standard InChI is InChI=1S/C25H31N5O2S.C25H30N4O3S.C20H26ClN3O2S.C6H7N/c1-30(2)17-9-11-18(12-10-17)32-23-22-21-15(14-20(26)31)8-13-19(21)33-24(22)29-25(28-23)27-16-6-4-3-5-7-16;1-29(2)17-9-11-18(12-10-17)32-23-22-21-15(14-20(30)31)8-13-19(21)33-24(22)28-25(27-23)26-16-6-4-3-5-7-16;1-11(25)10-12-4-9-15-16(12)17-18(22-20(21)23-19(17)27-15)26-14-7-5-13(6-8-14)24(2)3;7-6-4-2-1-3-5-6/h3-7,15,17-18H,8-14H2,1-2H3,(H2,26,31)(H,27,28,29);3-7,15,17-18H,8-14H2,1-2H3,(H,30,31)(H,26,27,28);12-14H,4-10H2,1-3H3;1-5H,7H2/t2*15-,17?,18?;12-,13?,14?;/m111./s1. The number of hydrogen-bond acceptors (Lipinski definition) is 21. The Morgan fingerprint density at radius 2 is 0.820 bits per heavy atom. The zero-order valence-corrected chi connectivity index (χ0v) is 61.6. The van der Waals surface area contributed by atoms with Gasteiger partial charge < -0.3 is 60.9 Å². The van der Waals surface area contributed by atoms with Gasteiger partial charge in [0.1, 0.15) is 38.6 Å². The summed E-state index contributed by atoms with van der Waals surface area (Å²) in [4.78, 5) is 76.5. The third kappa shape index (κ3) is 17.8. The van der Waals surface area contributed by atoms with Crippen molar-refractivity contribution in [3.8, 4) is 17.6 Å². The summed E-state index contributed by atoms with van der Waals surface area (Å²) in [6, 6.07) is 31.1. The molecule has 20 nitrogen and oxygen atoms in total. The van der Waals surface area contributed by atoms with Crippen LogP contribution in [-0.2, 0) is 33.6 Å². The molecule has 6 aliphatic rings. The molecule has 6 aliphatic carbocycles. The number of ether oxygens (including phenoxy) is 3. The summed E-state index contributed by atoms with van der Waals surface area (Å²) in [6.07, 6.45) is 19.9. The maximum absolute atomic E-state index is 11.7. The quantitative estimate of drug-likeness (QED) is 0.0372. The normalized spacial score (nSPS) is 22.2. The van der Waals surface area contributed by atoms with E-state index in [0.717, 1.165) is 169 Å². The first-order valence-corrected chi connectivity index (χ1v) is 38.2. The number of nitrogen functional groups attached to an aromatic ring is 1. The molecule has 3 atom stereocenters. The van der Waals surface area contributed by atoms with Gasteiger partial charge in [-0.15, -0.1) is 34.0 Å². The van der Waals surface area contributed by atoms with E-state index in [0.29, 0.717) is 60.5 Å².